The van der Waals surface area contributed by atoms with Crippen molar-refractivity contribution in [2.75, 3.05) is 13.2 Å². The van der Waals surface area contributed by atoms with Gasteiger partial charge >= 0.3 is 71.1 Å². The third-order valence-electron chi connectivity index (χ3n) is 3.98. The molecule has 0 aromatic carbocycles. The van der Waals surface area contributed by atoms with Crippen molar-refractivity contribution in [2.24, 2.45) is 0 Å². The number of unbranched alkanes of at least 4 members (excludes halogenated alkanes) is 8. The van der Waals surface area contributed by atoms with Gasteiger partial charge in [-0.1, -0.05) is 65.2 Å². The molecule has 1 atom stereocenters. The molecule has 0 heterocycles. The second-order valence-corrected chi connectivity index (χ2v) is 8.02. The standard InChI is InChI=1S/C18H34O7S.2Na.2H/c1-3-5-7-9-10-12-13-24-17(19)15-16(26(21,22)23)18(20)25-14-11-8-6-4-2;;;;/h16H,3-15H2,1-2H3,(H,21,22,23);;;;. The first-order valence-corrected chi connectivity index (χ1v) is 11.1. The molecule has 0 saturated heterocycles. The van der Waals surface area contributed by atoms with E-state index in [1.165, 1.54) is 6.42 Å². The molecule has 0 radical (unpaired) electrons. The van der Waals surface area contributed by atoms with Gasteiger partial charge in [-0.25, -0.2) is 0 Å². The molecule has 28 heavy (non-hydrogen) atoms. The van der Waals surface area contributed by atoms with Crippen LogP contribution in [0, 0.1) is 0 Å². The van der Waals surface area contributed by atoms with Crippen molar-refractivity contribution in [3.63, 3.8) is 0 Å². The molecule has 0 aromatic heterocycles. The molecule has 0 amide bonds. The molecule has 0 saturated carbocycles. The molecule has 0 aliphatic rings. The normalized spacial score (nSPS) is 11.7. The summed E-state index contributed by atoms with van der Waals surface area (Å²) in [5, 5.41) is -1.93. The van der Waals surface area contributed by atoms with Gasteiger partial charge in [-0.15, -0.1) is 0 Å². The fourth-order valence-electron chi connectivity index (χ4n) is 2.38. The van der Waals surface area contributed by atoms with Crippen molar-refractivity contribution in [3.05, 3.63) is 0 Å². The average Bonchev–Trinajstić information content (AvgIpc) is 2.57. The average molecular weight is 443 g/mol. The summed E-state index contributed by atoms with van der Waals surface area (Å²) in [7, 11) is -4.73. The number of hydrogen-bond donors (Lipinski definition) is 1. The maximum atomic E-state index is 11.9. The van der Waals surface area contributed by atoms with E-state index in [1.54, 1.807) is 0 Å². The van der Waals surface area contributed by atoms with Gasteiger partial charge in [-0.2, -0.15) is 8.42 Å². The van der Waals surface area contributed by atoms with Crippen LogP contribution in [0.1, 0.15) is 84.5 Å². The first-order chi connectivity index (χ1) is 12.3. The van der Waals surface area contributed by atoms with E-state index >= 15 is 0 Å². The third-order valence-corrected chi connectivity index (χ3v) is 5.06. The number of ether oxygens (including phenoxy) is 2. The summed E-state index contributed by atoms with van der Waals surface area (Å²) in [5.74, 6) is -1.94. The number of carbonyl (C=O) groups excluding carboxylic acids is 2. The van der Waals surface area contributed by atoms with Crippen LogP contribution in [0.3, 0.4) is 0 Å². The Kier molecular flexibility index (Phi) is 25.2. The Labute approximate surface area is 214 Å². The van der Waals surface area contributed by atoms with Gasteiger partial charge in [0.05, 0.1) is 19.6 Å². The molecular weight excluding hydrogens is 406 g/mol. The predicted molar refractivity (Wildman–Crippen MR) is 114 cm³/mol. The quantitative estimate of drug-likeness (QED) is 0.169. The Balaban J connectivity index is -0.00000312. The minimum atomic E-state index is -4.73. The zero-order valence-electron chi connectivity index (χ0n) is 16.1. The van der Waals surface area contributed by atoms with Gasteiger partial charge in [0.15, 0.2) is 5.25 Å². The molecule has 1 N–H and O–H groups in total. The first kappa shape index (κ1) is 33.5. The van der Waals surface area contributed by atoms with Crippen molar-refractivity contribution >= 4 is 81.2 Å². The molecule has 0 aliphatic carbocycles. The summed E-state index contributed by atoms with van der Waals surface area (Å²) in [4.78, 5) is 23.6. The van der Waals surface area contributed by atoms with E-state index in [0.717, 1.165) is 44.9 Å². The summed E-state index contributed by atoms with van der Waals surface area (Å²) in [6.07, 6.45) is 8.89. The van der Waals surface area contributed by atoms with Crippen molar-refractivity contribution in [1.82, 2.24) is 0 Å². The summed E-state index contributed by atoms with van der Waals surface area (Å²) >= 11 is 0. The molecule has 0 bridgehead atoms. The van der Waals surface area contributed by atoms with Crippen LogP contribution in [0.15, 0.2) is 0 Å². The van der Waals surface area contributed by atoms with E-state index < -0.39 is 33.7 Å². The Morgan fingerprint density at radius 3 is 1.71 bits per heavy atom. The van der Waals surface area contributed by atoms with Gasteiger partial charge in [0, 0.05) is 0 Å². The van der Waals surface area contributed by atoms with E-state index in [1.807, 2.05) is 6.92 Å². The van der Waals surface area contributed by atoms with E-state index in [9.17, 15) is 22.6 Å². The Morgan fingerprint density at radius 2 is 1.21 bits per heavy atom. The molecule has 0 rings (SSSR count). The van der Waals surface area contributed by atoms with Crippen molar-refractivity contribution < 1.29 is 32.0 Å². The summed E-state index contributed by atoms with van der Waals surface area (Å²) in [6.45, 7) is 4.41. The summed E-state index contributed by atoms with van der Waals surface area (Å²) in [5.41, 5.74) is 0. The number of esters is 2. The molecule has 158 valence electrons. The topological polar surface area (TPSA) is 107 Å². The van der Waals surface area contributed by atoms with E-state index in [-0.39, 0.29) is 72.3 Å². The molecule has 0 spiro atoms. The van der Waals surface area contributed by atoms with E-state index in [0.29, 0.717) is 12.8 Å². The van der Waals surface area contributed by atoms with Crippen LogP contribution >= 0.6 is 0 Å². The van der Waals surface area contributed by atoms with Crippen molar-refractivity contribution in [3.8, 4) is 0 Å². The van der Waals surface area contributed by atoms with Gasteiger partial charge in [0.25, 0.3) is 10.1 Å². The Morgan fingerprint density at radius 1 is 0.786 bits per heavy atom. The molecule has 0 fully saturated rings. The minimum absolute atomic E-state index is 0. The maximum absolute atomic E-state index is 11.9. The van der Waals surface area contributed by atoms with E-state index in [4.69, 9.17) is 9.47 Å². The molecular formula is C18H36Na2O7S. The van der Waals surface area contributed by atoms with Crippen LogP contribution < -0.4 is 0 Å². The SMILES string of the molecule is CCCCCCCCOC(=O)CC(C(=O)OCCCCCC)S(=O)(=O)O.[NaH].[NaH]. The van der Waals surface area contributed by atoms with Gasteiger partial charge in [0.1, 0.15) is 0 Å². The van der Waals surface area contributed by atoms with Gasteiger partial charge in [0.2, 0.25) is 0 Å². The number of hydrogen-bond acceptors (Lipinski definition) is 6. The predicted octanol–water partition coefficient (Wildman–Crippen LogP) is 2.36. The van der Waals surface area contributed by atoms with Gasteiger partial charge < -0.3 is 9.47 Å². The van der Waals surface area contributed by atoms with Crippen LogP contribution in [-0.2, 0) is 29.2 Å². The molecule has 0 aliphatic heterocycles. The molecule has 7 nitrogen and oxygen atoms in total. The number of rotatable bonds is 16. The monoisotopic (exact) mass is 442 g/mol. The van der Waals surface area contributed by atoms with Crippen LogP contribution in [0.4, 0.5) is 0 Å². The zero-order chi connectivity index (χ0) is 19.8. The van der Waals surface area contributed by atoms with Crippen LogP contribution in [0.2, 0.25) is 0 Å². The summed E-state index contributed by atoms with van der Waals surface area (Å²) in [6, 6.07) is 0. The summed E-state index contributed by atoms with van der Waals surface area (Å²) < 4.78 is 41.8. The molecule has 0 aromatic rings. The van der Waals surface area contributed by atoms with E-state index in [2.05, 4.69) is 6.92 Å². The second kappa shape index (κ2) is 21.1. The Bertz CT molecular complexity index is 498. The van der Waals surface area contributed by atoms with Crippen molar-refractivity contribution in [1.29, 1.82) is 0 Å². The second-order valence-electron chi connectivity index (χ2n) is 6.42. The van der Waals surface area contributed by atoms with Gasteiger partial charge in [-0.3, -0.25) is 14.1 Å². The molecule has 10 heteroatoms. The van der Waals surface area contributed by atoms with Crippen LogP contribution in [0.25, 0.3) is 0 Å². The fourth-order valence-corrected chi connectivity index (χ4v) is 3.04. The van der Waals surface area contributed by atoms with Gasteiger partial charge in [-0.05, 0) is 12.8 Å². The first-order valence-electron chi connectivity index (χ1n) is 9.61. The Hall–Kier alpha value is 0.850. The van der Waals surface area contributed by atoms with Crippen LogP contribution in [-0.4, -0.2) is 102 Å². The fraction of sp³-hybridized carbons (Fsp3) is 0.889. The third kappa shape index (κ3) is 18.9. The van der Waals surface area contributed by atoms with Crippen molar-refractivity contribution in [2.45, 2.75) is 89.7 Å². The molecule has 1 unspecified atom stereocenters. The number of carbonyl (C=O) groups is 2. The van der Waals surface area contributed by atoms with Crippen LogP contribution in [0.5, 0.6) is 0 Å². The zero-order valence-corrected chi connectivity index (χ0v) is 16.9.